The van der Waals surface area contributed by atoms with Gasteiger partial charge in [0.1, 0.15) is 11.6 Å². The van der Waals surface area contributed by atoms with Crippen LogP contribution in [0, 0.1) is 0 Å². The van der Waals surface area contributed by atoms with Crippen molar-refractivity contribution in [2.45, 2.75) is 70.6 Å². The van der Waals surface area contributed by atoms with Crippen molar-refractivity contribution < 1.29 is 19.1 Å². The number of rotatable bonds is 6. The fourth-order valence-corrected chi connectivity index (χ4v) is 4.57. The summed E-state index contributed by atoms with van der Waals surface area (Å²) in [5, 5.41) is 3.94. The molecule has 0 spiro atoms. The Hall–Kier alpha value is -2.12. The van der Waals surface area contributed by atoms with E-state index in [0.29, 0.717) is 16.5 Å². The fourth-order valence-electron chi connectivity index (χ4n) is 4.19. The Bertz CT molecular complexity index is 844. The first-order valence-electron chi connectivity index (χ1n) is 10.4. The first kappa shape index (κ1) is 22.6. The molecule has 1 unspecified atom stereocenters. The monoisotopic (exact) mass is 435 g/mol. The van der Waals surface area contributed by atoms with E-state index in [9.17, 15) is 14.4 Å². The number of nitrogens with one attached hydrogen (secondary N) is 1. The molecule has 3 N–H and O–H groups in total. The Labute approximate surface area is 182 Å². The van der Waals surface area contributed by atoms with Crippen molar-refractivity contribution >= 4 is 29.4 Å². The molecule has 0 aromatic heterocycles. The molecule has 0 bridgehead atoms. The molecule has 30 heavy (non-hydrogen) atoms. The third-order valence-electron chi connectivity index (χ3n) is 5.62. The van der Waals surface area contributed by atoms with Crippen LogP contribution >= 0.6 is 11.6 Å². The number of fused-ring (bicyclic) bond motifs is 1. The van der Waals surface area contributed by atoms with E-state index in [2.05, 4.69) is 5.32 Å². The second-order valence-corrected chi connectivity index (χ2v) is 9.37. The van der Waals surface area contributed by atoms with Crippen LogP contribution in [0.3, 0.4) is 0 Å². The Kier molecular flexibility index (Phi) is 6.72. The topological polar surface area (TPSA) is 102 Å². The van der Waals surface area contributed by atoms with Crippen molar-refractivity contribution in [3.63, 3.8) is 0 Å². The van der Waals surface area contributed by atoms with Crippen molar-refractivity contribution in [2.75, 3.05) is 13.1 Å². The van der Waals surface area contributed by atoms with Crippen molar-refractivity contribution in [2.24, 2.45) is 5.73 Å². The van der Waals surface area contributed by atoms with Gasteiger partial charge in [-0.05, 0) is 70.7 Å². The van der Waals surface area contributed by atoms with Crippen LogP contribution in [-0.4, -0.2) is 47.4 Å². The number of ether oxygens (including phenoxy) is 1. The van der Waals surface area contributed by atoms with E-state index in [0.717, 1.165) is 37.1 Å². The Balaban J connectivity index is 1.76. The smallest absolute Gasteiger partial charge is 0.306 e. The number of primary amides is 1. The Morgan fingerprint density at radius 3 is 2.57 bits per heavy atom. The summed E-state index contributed by atoms with van der Waals surface area (Å²) in [6.07, 6.45) is 2.10. The number of halogens is 1. The van der Waals surface area contributed by atoms with Gasteiger partial charge >= 0.3 is 5.97 Å². The third kappa shape index (κ3) is 4.95. The van der Waals surface area contributed by atoms with E-state index in [1.165, 1.54) is 4.90 Å². The predicted octanol–water partition coefficient (Wildman–Crippen LogP) is 2.74. The summed E-state index contributed by atoms with van der Waals surface area (Å²) >= 11 is 6.71. The van der Waals surface area contributed by atoms with E-state index in [4.69, 9.17) is 22.1 Å². The predicted molar refractivity (Wildman–Crippen MR) is 114 cm³/mol. The van der Waals surface area contributed by atoms with Crippen molar-refractivity contribution in [3.8, 4) is 0 Å². The maximum absolute atomic E-state index is 13.0. The van der Waals surface area contributed by atoms with Gasteiger partial charge in [0.15, 0.2) is 0 Å². The van der Waals surface area contributed by atoms with E-state index in [-0.39, 0.29) is 25.3 Å². The highest BCUT2D eigenvalue weighted by Crippen LogP contribution is 2.38. The molecule has 1 fully saturated rings. The van der Waals surface area contributed by atoms with Crippen molar-refractivity contribution in [1.82, 2.24) is 10.2 Å². The van der Waals surface area contributed by atoms with Gasteiger partial charge in [0, 0.05) is 29.1 Å². The number of carbonyl (C=O) groups excluding carboxylic acids is 3. The fraction of sp³-hybridized carbons (Fsp3) is 0.591. The van der Waals surface area contributed by atoms with Gasteiger partial charge in [-0.1, -0.05) is 17.7 Å². The summed E-state index contributed by atoms with van der Waals surface area (Å²) in [5.41, 5.74) is 7.26. The minimum Gasteiger partial charge on any atom is -0.460 e. The number of hydrogen-bond donors (Lipinski definition) is 2. The number of benzene rings is 1. The van der Waals surface area contributed by atoms with Crippen LogP contribution < -0.4 is 11.1 Å². The van der Waals surface area contributed by atoms with Gasteiger partial charge in [-0.2, -0.15) is 0 Å². The number of carbonyl (C=O) groups is 3. The first-order valence-corrected chi connectivity index (χ1v) is 10.8. The molecule has 8 heteroatoms. The van der Waals surface area contributed by atoms with Crippen molar-refractivity contribution in [1.29, 1.82) is 0 Å². The zero-order chi connectivity index (χ0) is 22.1. The van der Waals surface area contributed by atoms with E-state index >= 15 is 0 Å². The molecule has 2 aliphatic rings. The van der Waals surface area contributed by atoms with Crippen LogP contribution in [0.15, 0.2) is 12.1 Å². The Morgan fingerprint density at radius 1 is 1.30 bits per heavy atom. The highest BCUT2D eigenvalue weighted by Gasteiger charge is 2.38. The first-order chi connectivity index (χ1) is 14.1. The molecule has 2 heterocycles. The van der Waals surface area contributed by atoms with Gasteiger partial charge in [0.05, 0.1) is 0 Å². The number of nitrogens with two attached hydrogens (primary N) is 1. The van der Waals surface area contributed by atoms with Crippen LogP contribution in [0.1, 0.15) is 73.9 Å². The lowest BCUT2D eigenvalue weighted by molar-refractivity contribution is -0.155. The summed E-state index contributed by atoms with van der Waals surface area (Å²) in [5.74, 6) is -0.998. The van der Waals surface area contributed by atoms with Crippen LogP contribution in [0.5, 0.6) is 0 Å². The quantitative estimate of drug-likeness (QED) is 0.669. The number of amides is 2. The van der Waals surface area contributed by atoms with E-state index in [1.54, 1.807) is 26.8 Å². The van der Waals surface area contributed by atoms with Gasteiger partial charge in [0.2, 0.25) is 5.91 Å². The molecule has 2 amide bonds. The molecule has 1 saturated heterocycles. The second kappa shape index (κ2) is 8.94. The van der Waals surface area contributed by atoms with Gasteiger partial charge < -0.3 is 20.7 Å². The van der Waals surface area contributed by atoms with Gasteiger partial charge in [-0.3, -0.25) is 14.4 Å². The summed E-state index contributed by atoms with van der Waals surface area (Å²) in [7, 11) is 0. The lowest BCUT2D eigenvalue weighted by Crippen LogP contribution is -2.45. The van der Waals surface area contributed by atoms with Crippen LogP contribution in [-0.2, 0) is 20.9 Å². The molecule has 1 aromatic rings. The number of piperidine rings is 1. The summed E-state index contributed by atoms with van der Waals surface area (Å²) < 4.78 is 5.30. The third-order valence-corrected chi connectivity index (χ3v) is 6.06. The van der Waals surface area contributed by atoms with Gasteiger partial charge in [0.25, 0.3) is 5.91 Å². The van der Waals surface area contributed by atoms with Crippen LogP contribution in [0.4, 0.5) is 0 Å². The van der Waals surface area contributed by atoms with Crippen molar-refractivity contribution in [3.05, 3.63) is 33.8 Å². The van der Waals surface area contributed by atoms with Crippen LogP contribution in [0.2, 0.25) is 5.02 Å². The number of nitrogens with zero attached hydrogens (tertiary/aromatic N) is 1. The zero-order valence-electron chi connectivity index (χ0n) is 17.8. The lowest BCUT2D eigenvalue weighted by atomic mass is 9.88. The maximum Gasteiger partial charge on any atom is 0.306 e. The van der Waals surface area contributed by atoms with Gasteiger partial charge in [-0.15, -0.1) is 0 Å². The standard InChI is InChI=1S/C22H30ClN3O4/c1-22(2,3)30-18(27)7-6-17(20(24)28)26-12-16-15(21(26)29)5-4-14(19(16)23)13-8-10-25-11-9-13/h4-5,13,17,25H,6-12H2,1-3H3,(H2,24,28). The highest BCUT2D eigenvalue weighted by molar-refractivity contribution is 6.33. The molecule has 1 aromatic carbocycles. The molecule has 3 rings (SSSR count). The molecule has 0 aliphatic carbocycles. The maximum atomic E-state index is 13.0. The zero-order valence-corrected chi connectivity index (χ0v) is 18.6. The molecule has 0 radical (unpaired) electrons. The average molecular weight is 436 g/mol. The second-order valence-electron chi connectivity index (χ2n) is 9.00. The molecule has 7 nitrogen and oxygen atoms in total. The van der Waals surface area contributed by atoms with Crippen LogP contribution in [0.25, 0.3) is 0 Å². The van der Waals surface area contributed by atoms with E-state index < -0.39 is 23.5 Å². The highest BCUT2D eigenvalue weighted by atomic mass is 35.5. The minimum atomic E-state index is -0.893. The van der Waals surface area contributed by atoms with Gasteiger partial charge in [-0.25, -0.2) is 0 Å². The molecule has 0 saturated carbocycles. The van der Waals surface area contributed by atoms with E-state index in [1.807, 2.05) is 6.07 Å². The normalized spacial score (nSPS) is 18.3. The summed E-state index contributed by atoms with van der Waals surface area (Å²) in [4.78, 5) is 38.6. The molecule has 1 atom stereocenters. The Morgan fingerprint density at radius 2 is 1.97 bits per heavy atom. The molecule has 2 aliphatic heterocycles. The molecule has 164 valence electrons. The SMILES string of the molecule is CC(C)(C)OC(=O)CCC(C(N)=O)N1Cc2c(ccc(C3CCNCC3)c2Cl)C1=O. The molecular weight excluding hydrogens is 406 g/mol. The number of esters is 1. The number of hydrogen-bond acceptors (Lipinski definition) is 5. The largest absolute Gasteiger partial charge is 0.460 e. The molecular formula is C22H30ClN3O4. The summed E-state index contributed by atoms with van der Waals surface area (Å²) in [6.45, 7) is 7.43. The lowest BCUT2D eigenvalue weighted by Gasteiger charge is -2.26. The summed E-state index contributed by atoms with van der Waals surface area (Å²) in [6, 6.07) is 2.83. The minimum absolute atomic E-state index is 0.000934. The average Bonchev–Trinajstić information content (AvgIpc) is 2.99.